The highest BCUT2D eigenvalue weighted by molar-refractivity contribution is 14.1. The number of hydrogen-bond acceptors (Lipinski definition) is 24. The first-order valence-electron chi connectivity index (χ1n) is 49.4. The van der Waals surface area contributed by atoms with Gasteiger partial charge in [0, 0.05) is 189 Å². The molecule has 0 spiro atoms. The number of hydrogen-bond donors (Lipinski definition) is 1. The molecule has 137 heavy (non-hydrogen) atoms. The molecule has 6 aliphatic rings. The van der Waals surface area contributed by atoms with E-state index in [4.69, 9.17) is 89.4 Å². The lowest BCUT2D eigenvalue weighted by Gasteiger charge is -2.42. The van der Waals surface area contributed by atoms with Crippen LogP contribution >= 0.6 is 121 Å². The van der Waals surface area contributed by atoms with Crippen molar-refractivity contribution in [3.63, 3.8) is 0 Å². The van der Waals surface area contributed by atoms with Gasteiger partial charge in [0.15, 0.2) is 69.1 Å². The molecular formula is C95H109B3Br4Cl3F5IN17O9. The minimum atomic E-state index is -2.77. The third kappa shape index (κ3) is 26.7. The number of aryl methyl sites for hydroxylation is 1. The lowest BCUT2D eigenvalue weighted by Crippen LogP contribution is -2.52. The molecule has 5 aromatic carbocycles. The van der Waals surface area contributed by atoms with Gasteiger partial charge in [-0.3, -0.25) is 34.7 Å². The number of fused-ring (bicyclic) bond motifs is 7. The molecule has 20 rings (SSSR count). The summed E-state index contributed by atoms with van der Waals surface area (Å²) in [6.45, 7) is 31.6. The highest BCUT2D eigenvalue weighted by Crippen LogP contribution is 2.44. The molecule has 0 radical (unpaired) electrons. The zero-order chi connectivity index (χ0) is 109. The number of aromatic nitrogens is 11. The number of ether oxygens (including phenoxy) is 4. The first kappa shape index (κ1) is 91.5. The van der Waals surface area contributed by atoms with E-state index in [1.54, 1.807) is 59.6 Å². The fraction of sp³-hybridized carbons (Fsp3) is 0.400. The molecule has 6 aliphatic heterocycles. The number of phenolic OH excluding ortho intramolecular Hbond substituents is 1. The summed E-state index contributed by atoms with van der Waals surface area (Å²) in [5.41, 5.74) is 6.78. The zero-order valence-corrected chi connectivity index (χ0v) is 87.7. The van der Waals surface area contributed by atoms with Crippen LogP contribution in [0, 0.1) is 36.0 Å². The second-order valence-corrected chi connectivity index (χ2v) is 43.2. The molecule has 6 fully saturated rings. The maximum Gasteiger partial charge on any atom is 0.488 e. The fourth-order valence-corrected chi connectivity index (χ4v) is 17.0. The van der Waals surface area contributed by atoms with Crippen molar-refractivity contribution in [2.24, 2.45) is 0 Å². The van der Waals surface area contributed by atoms with E-state index < -0.39 is 74.8 Å². The summed E-state index contributed by atoms with van der Waals surface area (Å²) >= 11 is 31.8. The Hall–Kier alpha value is -7.97. The van der Waals surface area contributed by atoms with Crippen molar-refractivity contribution in [3.8, 4) is 39.9 Å². The van der Waals surface area contributed by atoms with Gasteiger partial charge in [0.1, 0.15) is 0 Å². The Balaban J connectivity index is 0.000000157. The first-order chi connectivity index (χ1) is 69.7. The van der Waals surface area contributed by atoms with E-state index in [1.807, 2.05) is 85.4 Å². The summed E-state index contributed by atoms with van der Waals surface area (Å²) in [7, 11) is -3.27. The van der Waals surface area contributed by atoms with Crippen molar-refractivity contribution in [2.45, 2.75) is 122 Å². The molecule has 9 aromatic heterocycles. The van der Waals surface area contributed by atoms with E-state index in [9.17, 15) is 22.0 Å². The summed E-state index contributed by atoms with van der Waals surface area (Å²) < 4.78 is 198. The van der Waals surface area contributed by atoms with Crippen LogP contribution in [0.5, 0.6) is 28.7 Å². The van der Waals surface area contributed by atoms with Crippen LogP contribution in [-0.2, 0) is 18.6 Å². The van der Waals surface area contributed by atoms with Gasteiger partial charge in [-0.05, 0) is 195 Å². The van der Waals surface area contributed by atoms with E-state index in [0.717, 1.165) is 110 Å². The van der Waals surface area contributed by atoms with Crippen LogP contribution in [-0.4, -0.2) is 256 Å². The summed E-state index contributed by atoms with van der Waals surface area (Å²) in [5, 5.41) is 22.2. The molecule has 728 valence electrons. The number of alkyl halides is 1. The third-order valence-electron chi connectivity index (χ3n) is 25.1. The summed E-state index contributed by atoms with van der Waals surface area (Å²) in [5.74, 6) is -4.67. The van der Waals surface area contributed by atoms with Gasteiger partial charge in [0.25, 0.3) is 0 Å². The van der Waals surface area contributed by atoms with Crippen LogP contribution < -0.4 is 28.7 Å². The minimum Gasteiger partial charge on any atom is -0.505 e. The summed E-state index contributed by atoms with van der Waals surface area (Å²) in [6, 6.07) is 22.4. The number of rotatable bonds is 10. The van der Waals surface area contributed by atoms with E-state index in [0.29, 0.717) is 86.8 Å². The van der Waals surface area contributed by atoms with Gasteiger partial charge < -0.3 is 62.3 Å². The second kappa shape index (κ2) is 48.2. The number of halogens is 13. The minimum absolute atomic E-state index is 0.174. The number of piperidine rings is 2. The van der Waals surface area contributed by atoms with Crippen molar-refractivity contribution in [3.05, 3.63) is 213 Å². The maximum absolute atomic E-state index is 14.5. The van der Waals surface area contributed by atoms with E-state index >= 15 is 0 Å². The van der Waals surface area contributed by atoms with Gasteiger partial charge in [-0.1, -0.05) is 57.4 Å². The van der Waals surface area contributed by atoms with Gasteiger partial charge in [0.05, 0.1) is 159 Å². The Bertz CT molecular complexity index is 6810. The number of pyridine rings is 5. The molecule has 1 N–H and O–H groups in total. The van der Waals surface area contributed by atoms with E-state index in [-0.39, 0.29) is 48.6 Å². The molecule has 0 bridgehead atoms. The van der Waals surface area contributed by atoms with Crippen molar-refractivity contribution in [1.82, 2.24) is 73.7 Å². The largest absolute Gasteiger partial charge is 0.505 e. The van der Waals surface area contributed by atoms with Gasteiger partial charge in [-0.2, -0.15) is 10.2 Å². The topological polar surface area (TPSA) is 238 Å². The third-order valence-corrected chi connectivity index (χ3v) is 26.6. The van der Waals surface area contributed by atoms with Crippen LogP contribution in [0.2, 0.25) is 15.1 Å². The number of aromatic hydroxyl groups is 1. The van der Waals surface area contributed by atoms with Crippen molar-refractivity contribution >= 4 is 215 Å². The van der Waals surface area contributed by atoms with E-state index in [1.165, 1.54) is 142 Å². The molecular weight excluding hydrogens is 2200 g/mol. The summed E-state index contributed by atoms with van der Waals surface area (Å²) in [6.07, 6.45) is 23.8. The van der Waals surface area contributed by atoms with Crippen LogP contribution in [0.25, 0.3) is 76.9 Å². The van der Waals surface area contributed by atoms with Gasteiger partial charge in [0.2, 0.25) is 0 Å². The molecule has 14 aromatic rings. The predicted octanol–water partition coefficient (Wildman–Crippen LogP) is 22.0. The predicted molar refractivity (Wildman–Crippen MR) is 562 cm³/mol. The Morgan fingerprint density at radius 1 is 0.445 bits per heavy atom. The van der Waals surface area contributed by atoms with Crippen LogP contribution in [0.4, 0.5) is 33.3 Å². The highest BCUT2D eigenvalue weighted by atomic mass is 127. The van der Waals surface area contributed by atoms with Crippen molar-refractivity contribution < 1.29 is 81.1 Å². The number of likely N-dealkylation sites (N-methyl/N-ethyl adjacent to an activating group) is 2. The quantitative estimate of drug-likeness (QED) is 0.0579. The Morgan fingerprint density at radius 3 is 1.18 bits per heavy atom. The number of nitrogens with zero attached hydrogens (tertiary/aromatic N) is 17. The lowest BCUT2D eigenvalue weighted by molar-refractivity contribution is 0.00578. The standard InChI is InChI=1S/C26H30FN7O.C16H23BrN6.C12H24B2O4.C11H10FNO.2C10H7ClFNO.C9H5ClFNO.CH3I.BBr3/c1-31-9-11-33(12-10-31)18-4-7-32(8-5-18)19-15-29-26-22(16-30-34(26)17-19)20-3-6-28-24-14-23(27)25(35-2)13-21(20)24;1-20-6-8-22(9-7-20)13-2-4-21(5-3-13)14-10-18-16-15(17)11-19-23(16)12-14;1-9(2)10(3,4)16-13(15-9)14-17-11(5,6)12(7,8)18-14;1-7-3-4-13-10-6-9(12)11(14-2)5-8(7)10;2*1-14-10-4-6-7(11)2-3-13-9(6)5-8(10)12;10-6-1-2-12-8-4-7(11)9(13)3-5(6)8;1-2;2-1(3)4/h3,6,13-18H,4-5,7-12H2,1-2H3;10-13H,2-9H2,1H3;1-8H3;3-6H,1-2H3;2*2-5H,1H3;1-4,13H;1H3;/i2D3;;;2D3;1D3;;;1D3;. The Kier molecular flexibility index (Phi) is 32.2. The van der Waals surface area contributed by atoms with Gasteiger partial charge >= 0.3 is 17.2 Å². The molecule has 26 nitrogen and oxygen atoms in total. The monoisotopic (exact) mass is 2320 g/mol. The van der Waals surface area contributed by atoms with Gasteiger partial charge in [-0.25, -0.2) is 41.0 Å². The van der Waals surface area contributed by atoms with Gasteiger partial charge in [-0.15, -0.1) is 47.3 Å². The molecule has 42 heteroatoms. The number of piperazine rings is 2. The molecule has 0 amide bonds. The SMILES string of the molecule is BrB(Br)Br.CC1(C)OB(B2OC(C)(C)C(C)(C)O2)OC1(C)C.CN1CCN(C2CCN(c3cnc4c(Br)cnn4c3)CC2)CC1.COc1cc2c(Cl)ccnc2cc1F.Oc1cc2c(Cl)ccnc2cc1F.[2H]C([2H])([2H])I.[2H]C([2H])([2H])Oc1cc2c(-c3cnn4cc(N5CCC(N6CCN(C)CC6)CC5)cnc34)ccnc2cc1F.[2H]C([2H])([2H])Oc1cc2c(C)ccnc2cc1F.[2H]C([2H])([2H])Oc1cc2c(Cl)ccnc2cc1F. The molecule has 6 saturated heterocycles. The first-order valence-corrected chi connectivity index (χ1v) is 49.1. The van der Waals surface area contributed by atoms with Crippen LogP contribution in [0.1, 0.15) is 103 Å². The number of benzene rings is 5. The number of methoxy groups -OCH3 is 4. The molecule has 0 unspecified atom stereocenters. The Morgan fingerprint density at radius 2 is 0.774 bits per heavy atom. The van der Waals surface area contributed by atoms with Crippen molar-refractivity contribution in [1.29, 1.82) is 0 Å². The molecule has 0 atom stereocenters. The van der Waals surface area contributed by atoms with Crippen LogP contribution in [0.3, 0.4) is 0 Å². The molecule has 0 saturated carbocycles. The zero-order valence-electron chi connectivity index (χ0n) is 88.9. The average molecular weight is 2330 g/mol. The van der Waals surface area contributed by atoms with Crippen molar-refractivity contribution in [2.75, 3.05) is 136 Å². The maximum atomic E-state index is 14.5. The fourth-order valence-electron chi connectivity index (χ4n) is 16.0. The molecule has 0 aliphatic carbocycles. The number of phenols is 1. The smallest absolute Gasteiger partial charge is 0.488 e. The van der Waals surface area contributed by atoms with E-state index in [2.05, 4.69) is 162 Å². The molecule has 15 heterocycles. The summed E-state index contributed by atoms with van der Waals surface area (Å²) in [4.78, 5) is 42.5. The highest BCUT2D eigenvalue weighted by Gasteiger charge is 2.64. The average Bonchev–Trinajstić information content (AvgIpc) is 1.60. The Labute approximate surface area is 874 Å². The normalized spacial score (nSPS) is 18.8. The lowest BCUT2D eigenvalue weighted by atomic mass is 9.49. The number of anilines is 2. The second-order valence-electron chi connectivity index (χ2n) is 34.7. The van der Waals surface area contributed by atoms with Crippen LogP contribution in [0.15, 0.2) is 164 Å².